The number of para-hydroxylation sites is 1. The van der Waals surface area contributed by atoms with E-state index in [-0.39, 0.29) is 0 Å². The van der Waals surface area contributed by atoms with Gasteiger partial charge in [0.05, 0.1) is 4.90 Å². The molecule has 1 heterocycles. The number of nitrogens with zero attached hydrogens (tertiary/aromatic N) is 2. The Labute approximate surface area is 171 Å². The van der Waals surface area contributed by atoms with Gasteiger partial charge in [-0.05, 0) is 47.5 Å². The van der Waals surface area contributed by atoms with E-state index in [2.05, 4.69) is 17.0 Å². The summed E-state index contributed by atoms with van der Waals surface area (Å²) in [6.45, 7) is 2.34. The first kappa shape index (κ1) is 19.0. The molecule has 0 saturated carbocycles. The zero-order valence-electron chi connectivity index (χ0n) is 15.3. The van der Waals surface area contributed by atoms with Crippen molar-refractivity contribution in [3.05, 3.63) is 83.9 Å². The van der Waals surface area contributed by atoms with Gasteiger partial charge in [-0.3, -0.25) is 0 Å². The summed E-state index contributed by atoms with van der Waals surface area (Å²) in [7, 11) is -3.49. The molecule has 1 fully saturated rings. The van der Waals surface area contributed by atoms with Crippen molar-refractivity contribution < 1.29 is 8.42 Å². The fraction of sp³-hybridized carbons (Fsp3) is 0.182. The number of hydrogen-bond donors (Lipinski definition) is 0. The highest BCUT2D eigenvalue weighted by atomic mass is 35.5. The van der Waals surface area contributed by atoms with Crippen molar-refractivity contribution in [3.63, 3.8) is 0 Å². The number of anilines is 1. The maximum absolute atomic E-state index is 13.0. The topological polar surface area (TPSA) is 40.6 Å². The first-order chi connectivity index (χ1) is 13.5. The lowest BCUT2D eigenvalue weighted by atomic mass is 10.1. The highest BCUT2D eigenvalue weighted by Crippen LogP contribution is 2.25. The number of halogens is 1. The van der Waals surface area contributed by atoms with Crippen LogP contribution in [0.1, 0.15) is 0 Å². The minimum absolute atomic E-state index is 0.332. The van der Waals surface area contributed by atoms with Crippen molar-refractivity contribution in [1.82, 2.24) is 4.31 Å². The van der Waals surface area contributed by atoms with Gasteiger partial charge in [-0.1, -0.05) is 54.1 Å². The van der Waals surface area contributed by atoms with Crippen molar-refractivity contribution in [2.45, 2.75) is 4.90 Å². The van der Waals surface area contributed by atoms with E-state index in [0.29, 0.717) is 36.1 Å². The summed E-state index contributed by atoms with van der Waals surface area (Å²) in [6.07, 6.45) is 0. The average molecular weight is 413 g/mol. The van der Waals surface area contributed by atoms with Gasteiger partial charge in [-0.25, -0.2) is 8.42 Å². The van der Waals surface area contributed by atoms with Crippen LogP contribution in [-0.2, 0) is 10.0 Å². The van der Waals surface area contributed by atoms with Crippen molar-refractivity contribution in [3.8, 4) is 11.1 Å². The zero-order valence-corrected chi connectivity index (χ0v) is 16.9. The van der Waals surface area contributed by atoms with Gasteiger partial charge >= 0.3 is 0 Å². The summed E-state index contributed by atoms with van der Waals surface area (Å²) < 4.78 is 27.6. The predicted octanol–water partition coefficient (Wildman–Crippen LogP) is 4.52. The van der Waals surface area contributed by atoms with E-state index in [4.69, 9.17) is 11.6 Å². The molecule has 144 valence electrons. The van der Waals surface area contributed by atoms with E-state index >= 15 is 0 Å². The molecule has 0 aromatic heterocycles. The lowest BCUT2D eigenvalue weighted by molar-refractivity contribution is 0.385. The third-order valence-electron chi connectivity index (χ3n) is 5.03. The van der Waals surface area contributed by atoms with Crippen LogP contribution in [0.4, 0.5) is 5.69 Å². The molecular weight excluding hydrogens is 392 g/mol. The Morgan fingerprint density at radius 3 is 1.79 bits per heavy atom. The fourth-order valence-electron chi connectivity index (χ4n) is 3.44. The Bertz CT molecular complexity index is 1030. The van der Waals surface area contributed by atoms with E-state index in [0.717, 1.165) is 16.8 Å². The Kier molecular flexibility index (Phi) is 5.40. The molecule has 0 N–H and O–H groups in total. The molecule has 0 radical (unpaired) electrons. The Morgan fingerprint density at radius 1 is 0.679 bits per heavy atom. The summed E-state index contributed by atoms with van der Waals surface area (Å²) in [4.78, 5) is 2.55. The molecule has 3 aromatic rings. The highest BCUT2D eigenvalue weighted by Gasteiger charge is 2.28. The van der Waals surface area contributed by atoms with Gasteiger partial charge in [0, 0.05) is 36.9 Å². The van der Waals surface area contributed by atoms with Crippen LogP contribution < -0.4 is 4.90 Å². The molecule has 0 atom stereocenters. The Hall–Kier alpha value is -2.34. The average Bonchev–Trinajstić information content (AvgIpc) is 2.75. The maximum atomic E-state index is 13.0. The number of benzene rings is 3. The molecule has 1 aliphatic rings. The van der Waals surface area contributed by atoms with Gasteiger partial charge in [-0.15, -0.1) is 0 Å². The van der Waals surface area contributed by atoms with Crippen molar-refractivity contribution in [1.29, 1.82) is 0 Å². The van der Waals surface area contributed by atoms with Crippen LogP contribution in [0, 0.1) is 0 Å². The van der Waals surface area contributed by atoms with Crippen molar-refractivity contribution in [2.24, 2.45) is 0 Å². The third kappa shape index (κ3) is 3.92. The van der Waals surface area contributed by atoms with Crippen LogP contribution in [0.15, 0.2) is 83.8 Å². The van der Waals surface area contributed by atoms with Crippen LogP contribution in [0.25, 0.3) is 11.1 Å². The fourth-order valence-corrected chi connectivity index (χ4v) is 4.98. The minimum Gasteiger partial charge on any atom is -0.369 e. The largest absolute Gasteiger partial charge is 0.369 e. The van der Waals surface area contributed by atoms with Crippen molar-refractivity contribution >= 4 is 27.3 Å². The summed E-state index contributed by atoms with van der Waals surface area (Å²) >= 11 is 5.93. The summed E-state index contributed by atoms with van der Waals surface area (Å²) in [5, 5.41) is 0.678. The quantitative estimate of drug-likeness (QED) is 0.632. The van der Waals surface area contributed by atoms with Gasteiger partial charge in [0.2, 0.25) is 10.0 Å². The second-order valence-corrected chi connectivity index (χ2v) is 9.13. The summed E-state index contributed by atoms with van der Waals surface area (Å²) in [5.41, 5.74) is 3.10. The number of piperazine rings is 1. The number of sulfonamides is 1. The first-order valence-electron chi connectivity index (χ1n) is 9.20. The smallest absolute Gasteiger partial charge is 0.243 e. The van der Waals surface area contributed by atoms with Crippen LogP contribution in [-0.4, -0.2) is 38.9 Å². The van der Waals surface area contributed by atoms with E-state index < -0.39 is 10.0 Å². The standard InChI is InChI=1S/C22H21ClN2O2S/c23-20-10-6-18(7-11-20)19-8-12-22(13-9-19)28(26,27)25-16-14-24(15-17-25)21-4-2-1-3-5-21/h1-13H,14-17H2. The van der Waals surface area contributed by atoms with Gasteiger partial charge < -0.3 is 4.90 Å². The molecule has 0 spiro atoms. The van der Waals surface area contributed by atoms with Crippen LogP contribution >= 0.6 is 11.6 Å². The second kappa shape index (κ2) is 7.95. The van der Waals surface area contributed by atoms with Gasteiger partial charge in [-0.2, -0.15) is 4.31 Å². The summed E-state index contributed by atoms with van der Waals surface area (Å²) in [5.74, 6) is 0. The maximum Gasteiger partial charge on any atom is 0.243 e. The molecule has 1 aliphatic heterocycles. The number of rotatable bonds is 4. The van der Waals surface area contributed by atoms with Crippen LogP contribution in [0.5, 0.6) is 0 Å². The molecule has 4 rings (SSSR count). The molecule has 0 aliphatic carbocycles. The second-order valence-electron chi connectivity index (χ2n) is 6.76. The molecule has 0 amide bonds. The van der Waals surface area contributed by atoms with Crippen LogP contribution in [0.3, 0.4) is 0 Å². The monoisotopic (exact) mass is 412 g/mol. The molecule has 1 saturated heterocycles. The van der Waals surface area contributed by atoms with E-state index in [9.17, 15) is 8.42 Å². The van der Waals surface area contributed by atoms with E-state index in [1.165, 1.54) is 0 Å². The number of hydrogen-bond acceptors (Lipinski definition) is 3. The van der Waals surface area contributed by atoms with Gasteiger partial charge in [0.1, 0.15) is 0 Å². The predicted molar refractivity (Wildman–Crippen MR) is 114 cm³/mol. The molecule has 0 bridgehead atoms. The third-order valence-corrected chi connectivity index (χ3v) is 7.19. The summed E-state index contributed by atoms with van der Waals surface area (Å²) in [6, 6.07) is 24.7. The van der Waals surface area contributed by atoms with E-state index in [1.54, 1.807) is 16.4 Å². The molecule has 28 heavy (non-hydrogen) atoms. The van der Waals surface area contributed by atoms with Gasteiger partial charge in [0.15, 0.2) is 0 Å². The lowest BCUT2D eigenvalue weighted by Crippen LogP contribution is -2.48. The van der Waals surface area contributed by atoms with Crippen LogP contribution in [0.2, 0.25) is 5.02 Å². The molecule has 3 aromatic carbocycles. The van der Waals surface area contributed by atoms with Gasteiger partial charge in [0.25, 0.3) is 0 Å². The zero-order chi connectivity index (χ0) is 19.6. The molecule has 4 nitrogen and oxygen atoms in total. The SMILES string of the molecule is O=S(=O)(c1ccc(-c2ccc(Cl)cc2)cc1)N1CCN(c2ccccc2)CC1. The molecular formula is C22H21ClN2O2S. The normalized spacial score (nSPS) is 15.5. The minimum atomic E-state index is -3.49. The van der Waals surface area contributed by atoms with Crippen molar-refractivity contribution in [2.75, 3.05) is 31.1 Å². The Morgan fingerprint density at radius 2 is 1.21 bits per heavy atom. The molecule has 0 unspecified atom stereocenters. The first-order valence-corrected chi connectivity index (χ1v) is 11.0. The lowest BCUT2D eigenvalue weighted by Gasteiger charge is -2.35. The molecule has 6 heteroatoms. The Balaban J connectivity index is 1.47. The highest BCUT2D eigenvalue weighted by molar-refractivity contribution is 7.89. The van der Waals surface area contributed by atoms with E-state index in [1.807, 2.05) is 54.6 Å².